The van der Waals surface area contributed by atoms with E-state index in [9.17, 15) is 9.59 Å². The summed E-state index contributed by atoms with van der Waals surface area (Å²) in [6.07, 6.45) is 4.01. The minimum absolute atomic E-state index is 0.239. The maximum Gasteiger partial charge on any atom is 0.326 e. The molecule has 3 N–H and O–H groups in total. The molecule has 1 atom stereocenters. The third-order valence-corrected chi connectivity index (χ3v) is 3.09. The van der Waals surface area contributed by atoms with Crippen molar-refractivity contribution in [2.24, 2.45) is 11.8 Å². The lowest BCUT2D eigenvalue weighted by atomic mass is 9.85. The van der Waals surface area contributed by atoms with E-state index >= 15 is 0 Å². The van der Waals surface area contributed by atoms with Gasteiger partial charge in [0.15, 0.2) is 0 Å². The van der Waals surface area contributed by atoms with E-state index < -0.39 is 12.0 Å². The molecular weight excluding hydrogens is 220 g/mol. The van der Waals surface area contributed by atoms with Gasteiger partial charge < -0.3 is 15.7 Å². The fourth-order valence-electron chi connectivity index (χ4n) is 1.84. The molecule has 0 unspecified atom stereocenters. The molecule has 2 amide bonds. The molecule has 1 rings (SSSR count). The van der Waals surface area contributed by atoms with Gasteiger partial charge in [-0.1, -0.05) is 20.3 Å². The highest BCUT2D eigenvalue weighted by Gasteiger charge is 2.22. The first-order valence-corrected chi connectivity index (χ1v) is 6.26. The minimum atomic E-state index is -0.975. The second-order valence-corrected chi connectivity index (χ2v) is 5.17. The Hall–Kier alpha value is -1.26. The molecule has 17 heavy (non-hydrogen) atoms. The van der Waals surface area contributed by atoms with Crippen molar-refractivity contribution in [1.29, 1.82) is 0 Å². The molecule has 0 spiro atoms. The van der Waals surface area contributed by atoms with E-state index in [0.29, 0.717) is 18.9 Å². The summed E-state index contributed by atoms with van der Waals surface area (Å²) < 4.78 is 0. The molecule has 0 bridgehead atoms. The highest BCUT2D eigenvalue weighted by molar-refractivity contribution is 5.82. The van der Waals surface area contributed by atoms with Crippen LogP contribution in [0.2, 0.25) is 0 Å². The predicted molar refractivity (Wildman–Crippen MR) is 64.8 cm³/mol. The first-order chi connectivity index (χ1) is 7.99. The summed E-state index contributed by atoms with van der Waals surface area (Å²) in [6, 6.07) is -1.17. The Morgan fingerprint density at radius 3 is 2.41 bits per heavy atom. The lowest BCUT2D eigenvalue weighted by Gasteiger charge is -2.26. The van der Waals surface area contributed by atoms with Crippen LogP contribution in [-0.2, 0) is 4.79 Å². The molecule has 1 saturated carbocycles. The first kappa shape index (κ1) is 13.8. The Kier molecular flexibility index (Phi) is 5.25. The van der Waals surface area contributed by atoms with Gasteiger partial charge in [0, 0.05) is 6.54 Å². The van der Waals surface area contributed by atoms with Crippen molar-refractivity contribution in [2.75, 3.05) is 6.54 Å². The van der Waals surface area contributed by atoms with Crippen molar-refractivity contribution in [3.05, 3.63) is 0 Å². The van der Waals surface area contributed by atoms with Gasteiger partial charge in [0.25, 0.3) is 0 Å². The van der Waals surface area contributed by atoms with Crippen LogP contribution >= 0.6 is 0 Å². The number of urea groups is 1. The van der Waals surface area contributed by atoms with E-state index in [2.05, 4.69) is 10.6 Å². The molecular formula is C12H22N2O3. The average molecular weight is 242 g/mol. The third kappa shape index (κ3) is 5.06. The highest BCUT2D eigenvalue weighted by Crippen LogP contribution is 2.24. The van der Waals surface area contributed by atoms with Gasteiger partial charge in [-0.15, -0.1) is 0 Å². The summed E-state index contributed by atoms with van der Waals surface area (Å²) in [5.74, 6) is -0.158. The molecule has 1 aliphatic rings. The largest absolute Gasteiger partial charge is 0.480 e. The monoisotopic (exact) mass is 242 g/mol. The molecule has 5 nitrogen and oxygen atoms in total. The molecule has 0 aromatic rings. The number of hydrogen-bond donors (Lipinski definition) is 3. The summed E-state index contributed by atoms with van der Waals surface area (Å²) in [5, 5.41) is 14.2. The molecule has 1 aliphatic carbocycles. The number of hydrogen-bond acceptors (Lipinski definition) is 2. The second kappa shape index (κ2) is 6.47. The van der Waals surface area contributed by atoms with Crippen LogP contribution in [0.25, 0.3) is 0 Å². The van der Waals surface area contributed by atoms with Crippen molar-refractivity contribution < 1.29 is 14.7 Å². The lowest BCUT2D eigenvalue weighted by Crippen LogP contribution is -2.48. The Labute approximate surface area is 102 Å². The Bertz CT molecular complexity index is 275. The molecule has 0 radical (unpaired) electrons. The van der Waals surface area contributed by atoms with Crippen LogP contribution in [0.5, 0.6) is 0 Å². The number of nitrogens with one attached hydrogen (secondary N) is 2. The van der Waals surface area contributed by atoms with Crippen molar-refractivity contribution in [3.8, 4) is 0 Å². The first-order valence-electron chi connectivity index (χ1n) is 6.26. The van der Waals surface area contributed by atoms with Gasteiger partial charge in [0.05, 0.1) is 0 Å². The van der Waals surface area contributed by atoms with E-state index in [1.807, 2.05) is 13.8 Å². The number of carboxylic acid groups (broad SMARTS) is 1. The number of aliphatic carboxylic acids is 1. The fraction of sp³-hybridized carbons (Fsp3) is 0.833. The lowest BCUT2D eigenvalue weighted by molar-refractivity contribution is -0.139. The molecule has 1 fully saturated rings. The van der Waals surface area contributed by atoms with E-state index in [1.165, 1.54) is 6.42 Å². The molecule has 5 heteroatoms. The average Bonchev–Trinajstić information content (AvgIpc) is 2.13. The van der Waals surface area contributed by atoms with Crippen LogP contribution in [0.3, 0.4) is 0 Å². The SMILES string of the molecule is CC(C)C[C@H](NC(=O)NCC1CCC1)C(=O)O. The van der Waals surface area contributed by atoms with Gasteiger partial charge in [-0.3, -0.25) is 0 Å². The summed E-state index contributed by atoms with van der Waals surface area (Å²) in [5.41, 5.74) is 0. The van der Waals surface area contributed by atoms with Crippen LogP contribution in [-0.4, -0.2) is 29.7 Å². The van der Waals surface area contributed by atoms with Gasteiger partial charge in [0.1, 0.15) is 6.04 Å². The second-order valence-electron chi connectivity index (χ2n) is 5.17. The zero-order chi connectivity index (χ0) is 12.8. The maximum absolute atomic E-state index is 11.5. The summed E-state index contributed by atoms with van der Waals surface area (Å²) >= 11 is 0. The van der Waals surface area contributed by atoms with Crippen LogP contribution in [0.4, 0.5) is 4.79 Å². The van der Waals surface area contributed by atoms with Gasteiger partial charge in [-0.25, -0.2) is 9.59 Å². The summed E-state index contributed by atoms with van der Waals surface area (Å²) in [7, 11) is 0. The number of rotatable bonds is 6. The molecule has 98 valence electrons. The van der Waals surface area contributed by atoms with Crippen molar-refractivity contribution in [3.63, 3.8) is 0 Å². The van der Waals surface area contributed by atoms with Crippen LogP contribution in [0, 0.1) is 11.8 Å². The quantitative estimate of drug-likeness (QED) is 0.661. The topological polar surface area (TPSA) is 78.4 Å². The fourth-order valence-corrected chi connectivity index (χ4v) is 1.84. The smallest absolute Gasteiger partial charge is 0.326 e. The molecule has 0 saturated heterocycles. The number of amides is 2. The van der Waals surface area contributed by atoms with E-state index in [-0.39, 0.29) is 11.9 Å². The van der Waals surface area contributed by atoms with Crippen molar-refractivity contribution in [1.82, 2.24) is 10.6 Å². The van der Waals surface area contributed by atoms with E-state index in [4.69, 9.17) is 5.11 Å². The summed E-state index contributed by atoms with van der Waals surface area (Å²) in [6.45, 7) is 4.52. The zero-order valence-corrected chi connectivity index (χ0v) is 10.5. The van der Waals surface area contributed by atoms with Crippen molar-refractivity contribution >= 4 is 12.0 Å². The van der Waals surface area contributed by atoms with Crippen LogP contribution in [0.15, 0.2) is 0 Å². The predicted octanol–water partition coefficient (Wildman–Crippen LogP) is 1.59. The zero-order valence-electron chi connectivity index (χ0n) is 10.5. The van der Waals surface area contributed by atoms with Gasteiger partial charge in [-0.05, 0) is 31.1 Å². The van der Waals surface area contributed by atoms with E-state index in [0.717, 1.165) is 12.8 Å². The Balaban J connectivity index is 2.27. The summed E-state index contributed by atoms with van der Waals surface area (Å²) in [4.78, 5) is 22.4. The van der Waals surface area contributed by atoms with Gasteiger partial charge in [-0.2, -0.15) is 0 Å². The van der Waals surface area contributed by atoms with Crippen LogP contribution in [0.1, 0.15) is 39.5 Å². The highest BCUT2D eigenvalue weighted by atomic mass is 16.4. The number of carbonyl (C=O) groups is 2. The Morgan fingerprint density at radius 2 is 2.00 bits per heavy atom. The number of carbonyl (C=O) groups excluding carboxylic acids is 1. The number of carboxylic acids is 1. The normalized spacial score (nSPS) is 17.4. The molecule has 0 aromatic heterocycles. The van der Waals surface area contributed by atoms with Gasteiger partial charge in [0.2, 0.25) is 0 Å². The van der Waals surface area contributed by atoms with Crippen LogP contribution < -0.4 is 10.6 Å². The maximum atomic E-state index is 11.5. The Morgan fingerprint density at radius 1 is 1.35 bits per heavy atom. The third-order valence-electron chi connectivity index (χ3n) is 3.09. The van der Waals surface area contributed by atoms with Gasteiger partial charge >= 0.3 is 12.0 Å². The molecule has 0 heterocycles. The molecule has 0 aliphatic heterocycles. The van der Waals surface area contributed by atoms with E-state index in [1.54, 1.807) is 0 Å². The molecule has 0 aromatic carbocycles. The van der Waals surface area contributed by atoms with Crippen molar-refractivity contribution in [2.45, 2.75) is 45.6 Å². The minimum Gasteiger partial charge on any atom is -0.480 e. The standard InChI is InChI=1S/C12H22N2O3/c1-8(2)6-10(11(15)16)14-12(17)13-7-9-4-3-5-9/h8-10H,3-7H2,1-2H3,(H,15,16)(H2,13,14,17)/t10-/m0/s1.